The third kappa shape index (κ3) is 2.70. The van der Waals surface area contributed by atoms with Gasteiger partial charge in [0, 0.05) is 5.71 Å². The van der Waals surface area contributed by atoms with Crippen molar-refractivity contribution < 1.29 is 4.79 Å². The van der Waals surface area contributed by atoms with Crippen LogP contribution in [0.4, 0.5) is 0 Å². The highest BCUT2D eigenvalue weighted by molar-refractivity contribution is 5.85. The van der Waals surface area contributed by atoms with Crippen LogP contribution in [0.15, 0.2) is 5.10 Å². The zero-order valence-corrected chi connectivity index (χ0v) is 6.84. The van der Waals surface area contributed by atoms with E-state index in [9.17, 15) is 4.79 Å². The number of nitrogens with one attached hydrogen (secondary N) is 1. The molecular formula is C8H14N2O. The summed E-state index contributed by atoms with van der Waals surface area (Å²) < 4.78 is 0. The molecule has 62 valence electrons. The molecule has 1 rings (SSSR count). The lowest BCUT2D eigenvalue weighted by Gasteiger charge is -2.18. The van der Waals surface area contributed by atoms with Crippen molar-refractivity contribution in [2.75, 3.05) is 0 Å². The molecule has 0 aliphatic heterocycles. The van der Waals surface area contributed by atoms with Crippen LogP contribution < -0.4 is 5.43 Å². The van der Waals surface area contributed by atoms with Crippen LogP contribution in [-0.4, -0.2) is 12.1 Å². The molecule has 1 saturated carbocycles. The molecule has 1 aliphatic rings. The molecule has 0 aromatic heterocycles. The monoisotopic (exact) mass is 154 g/mol. The molecule has 0 saturated heterocycles. The minimum atomic E-state index is 0.616. The lowest BCUT2D eigenvalue weighted by molar-refractivity contribution is -0.109. The van der Waals surface area contributed by atoms with Gasteiger partial charge in [-0.15, -0.1) is 0 Å². The summed E-state index contributed by atoms with van der Waals surface area (Å²) >= 11 is 0. The molecule has 0 heterocycles. The van der Waals surface area contributed by atoms with Gasteiger partial charge in [0.25, 0.3) is 0 Å². The second-order valence-corrected chi connectivity index (χ2v) is 3.11. The van der Waals surface area contributed by atoms with E-state index in [0.29, 0.717) is 6.41 Å². The topological polar surface area (TPSA) is 41.5 Å². The van der Waals surface area contributed by atoms with Gasteiger partial charge in [-0.1, -0.05) is 6.92 Å². The van der Waals surface area contributed by atoms with Gasteiger partial charge in [0.05, 0.1) is 0 Å². The number of hydrogen-bond acceptors (Lipinski definition) is 2. The van der Waals surface area contributed by atoms with Gasteiger partial charge in [-0.2, -0.15) is 5.10 Å². The summed E-state index contributed by atoms with van der Waals surface area (Å²) in [5, 5.41) is 3.93. The Labute approximate surface area is 66.9 Å². The Hall–Kier alpha value is -0.860. The van der Waals surface area contributed by atoms with Gasteiger partial charge >= 0.3 is 0 Å². The molecule has 0 aromatic rings. The van der Waals surface area contributed by atoms with Gasteiger partial charge in [-0.05, 0) is 31.6 Å². The van der Waals surface area contributed by atoms with Crippen LogP contribution in [0.2, 0.25) is 0 Å². The maximum Gasteiger partial charge on any atom is 0.227 e. The van der Waals surface area contributed by atoms with Crippen LogP contribution in [-0.2, 0) is 4.79 Å². The number of nitrogens with zero attached hydrogens (tertiary/aromatic N) is 1. The summed E-state index contributed by atoms with van der Waals surface area (Å²) in [5.74, 6) is 0.824. The Kier molecular flexibility index (Phi) is 3.08. The van der Waals surface area contributed by atoms with E-state index in [1.54, 1.807) is 0 Å². The Morgan fingerprint density at radius 1 is 1.55 bits per heavy atom. The SMILES string of the molecule is CC1CCC(=NNC=O)CC1. The fourth-order valence-corrected chi connectivity index (χ4v) is 1.32. The first-order valence-corrected chi connectivity index (χ1v) is 4.07. The smallest absolute Gasteiger partial charge is 0.227 e. The van der Waals surface area contributed by atoms with E-state index in [2.05, 4.69) is 17.5 Å². The van der Waals surface area contributed by atoms with Gasteiger partial charge < -0.3 is 0 Å². The van der Waals surface area contributed by atoms with Crippen molar-refractivity contribution in [3.05, 3.63) is 0 Å². The molecular weight excluding hydrogens is 140 g/mol. The Bertz CT molecular complexity index is 155. The number of rotatable bonds is 2. The van der Waals surface area contributed by atoms with Crippen LogP contribution in [0.3, 0.4) is 0 Å². The molecule has 3 heteroatoms. The Morgan fingerprint density at radius 3 is 2.73 bits per heavy atom. The third-order valence-corrected chi connectivity index (χ3v) is 2.13. The second-order valence-electron chi connectivity index (χ2n) is 3.11. The quantitative estimate of drug-likeness (QED) is 0.472. The van der Waals surface area contributed by atoms with E-state index in [1.807, 2.05) is 0 Å². The van der Waals surface area contributed by atoms with E-state index in [4.69, 9.17) is 0 Å². The van der Waals surface area contributed by atoms with Gasteiger partial charge in [0.1, 0.15) is 0 Å². The lowest BCUT2D eigenvalue weighted by Crippen LogP contribution is -2.15. The van der Waals surface area contributed by atoms with Crippen molar-refractivity contribution in [3.63, 3.8) is 0 Å². The predicted octanol–water partition coefficient (Wildman–Crippen LogP) is 1.30. The fraction of sp³-hybridized carbons (Fsp3) is 0.750. The Morgan fingerprint density at radius 2 is 2.18 bits per heavy atom. The highest BCUT2D eigenvalue weighted by atomic mass is 16.1. The van der Waals surface area contributed by atoms with Crippen LogP contribution in [0.25, 0.3) is 0 Å². The molecule has 0 radical (unpaired) electrons. The van der Waals surface area contributed by atoms with Crippen LogP contribution in [0.1, 0.15) is 32.6 Å². The van der Waals surface area contributed by atoms with E-state index in [1.165, 1.54) is 12.8 Å². The zero-order chi connectivity index (χ0) is 8.10. The van der Waals surface area contributed by atoms with Crippen molar-refractivity contribution >= 4 is 12.1 Å². The maximum absolute atomic E-state index is 9.89. The van der Waals surface area contributed by atoms with Gasteiger partial charge in [0.15, 0.2) is 0 Å². The number of amides is 1. The van der Waals surface area contributed by atoms with E-state index in [-0.39, 0.29) is 0 Å². The minimum Gasteiger partial charge on any atom is -0.277 e. The molecule has 1 amide bonds. The fourth-order valence-electron chi connectivity index (χ4n) is 1.32. The van der Waals surface area contributed by atoms with Gasteiger partial charge in [0.2, 0.25) is 6.41 Å². The summed E-state index contributed by atoms with van der Waals surface area (Å²) in [6.07, 6.45) is 5.12. The lowest BCUT2D eigenvalue weighted by atomic mass is 9.90. The van der Waals surface area contributed by atoms with E-state index >= 15 is 0 Å². The summed E-state index contributed by atoms with van der Waals surface area (Å²) in [4.78, 5) is 9.89. The van der Waals surface area contributed by atoms with Gasteiger partial charge in [-0.3, -0.25) is 4.79 Å². The molecule has 1 aliphatic carbocycles. The van der Waals surface area contributed by atoms with Gasteiger partial charge in [-0.25, -0.2) is 5.43 Å². The molecule has 0 atom stereocenters. The van der Waals surface area contributed by atoms with Crippen LogP contribution in [0, 0.1) is 5.92 Å². The van der Waals surface area contributed by atoms with Crippen molar-refractivity contribution in [2.45, 2.75) is 32.6 Å². The number of hydrazone groups is 1. The standard InChI is InChI=1S/C8H14N2O/c1-7-2-4-8(5-3-7)10-9-6-11/h6-7H,2-5H2,1H3,(H,9,11). The highest BCUT2D eigenvalue weighted by Crippen LogP contribution is 2.20. The average molecular weight is 154 g/mol. The molecule has 0 unspecified atom stereocenters. The number of carbonyl (C=O) groups is 1. The summed E-state index contributed by atoms with van der Waals surface area (Å²) in [6, 6.07) is 0. The zero-order valence-electron chi connectivity index (χ0n) is 6.84. The Balaban J connectivity index is 2.32. The first-order valence-electron chi connectivity index (χ1n) is 4.07. The van der Waals surface area contributed by atoms with Crippen molar-refractivity contribution in [1.82, 2.24) is 5.43 Å². The summed E-state index contributed by atoms with van der Waals surface area (Å²) in [6.45, 7) is 2.25. The molecule has 0 spiro atoms. The van der Waals surface area contributed by atoms with Crippen molar-refractivity contribution in [2.24, 2.45) is 11.0 Å². The van der Waals surface area contributed by atoms with E-state index < -0.39 is 0 Å². The van der Waals surface area contributed by atoms with Crippen molar-refractivity contribution in [1.29, 1.82) is 0 Å². The summed E-state index contributed by atoms with van der Waals surface area (Å²) in [7, 11) is 0. The van der Waals surface area contributed by atoms with Crippen molar-refractivity contribution in [3.8, 4) is 0 Å². The van der Waals surface area contributed by atoms with E-state index in [0.717, 1.165) is 24.5 Å². The normalized spacial score (nSPS) is 24.5. The largest absolute Gasteiger partial charge is 0.277 e. The minimum absolute atomic E-state index is 0.616. The van der Waals surface area contributed by atoms with Crippen LogP contribution >= 0.6 is 0 Å². The molecule has 3 nitrogen and oxygen atoms in total. The first kappa shape index (κ1) is 8.24. The molecule has 0 bridgehead atoms. The highest BCUT2D eigenvalue weighted by Gasteiger charge is 2.12. The number of hydrogen-bond donors (Lipinski definition) is 1. The molecule has 1 N–H and O–H groups in total. The molecule has 1 fully saturated rings. The average Bonchev–Trinajstić information content (AvgIpc) is 2.04. The van der Waals surface area contributed by atoms with Crippen LogP contribution in [0.5, 0.6) is 0 Å². The maximum atomic E-state index is 9.89. The molecule has 11 heavy (non-hydrogen) atoms. The number of carbonyl (C=O) groups excluding carboxylic acids is 1. The second kappa shape index (κ2) is 4.11. The first-order chi connectivity index (χ1) is 5.33. The summed E-state index contributed by atoms with van der Waals surface area (Å²) in [5.41, 5.74) is 3.47. The third-order valence-electron chi connectivity index (χ3n) is 2.13. The predicted molar refractivity (Wildman–Crippen MR) is 44.3 cm³/mol. The molecule has 0 aromatic carbocycles.